The molecule has 0 bridgehead atoms. The van der Waals surface area contributed by atoms with Crippen LogP contribution in [-0.2, 0) is 6.54 Å². The van der Waals surface area contributed by atoms with Gasteiger partial charge in [0.25, 0.3) is 5.43 Å². The van der Waals surface area contributed by atoms with E-state index in [4.69, 9.17) is 0 Å². The third kappa shape index (κ3) is 2.75. The number of carboxylic acid groups (broad SMARTS) is 1. The van der Waals surface area contributed by atoms with Crippen molar-refractivity contribution in [3.63, 3.8) is 0 Å². The zero-order chi connectivity index (χ0) is 20.1. The first-order chi connectivity index (χ1) is 13.3. The van der Waals surface area contributed by atoms with Gasteiger partial charge < -0.3 is 15.1 Å². The number of rotatable bonds is 4. The molecule has 1 aliphatic heterocycles. The van der Waals surface area contributed by atoms with E-state index in [1.54, 1.807) is 6.20 Å². The normalized spacial score (nSPS) is 23.0. The SMILES string of the molecule is CC1c2cccnc2N(C2(Cn3cc(O)c(=O)c(C(=O)O)n3)CCCC2)[C@@H]1C. The summed E-state index contributed by atoms with van der Waals surface area (Å²) in [5.74, 6) is -0.744. The van der Waals surface area contributed by atoms with Crippen molar-refractivity contribution in [3.8, 4) is 5.75 Å². The molecule has 0 saturated heterocycles. The Bertz CT molecular complexity index is 980. The van der Waals surface area contributed by atoms with Crippen LogP contribution in [-0.4, -0.2) is 42.5 Å². The van der Waals surface area contributed by atoms with Gasteiger partial charge in [-0.15, -0.1) is 0 Å². The maximum absolute atomic E-state index is 11.9. The first kappa shape index (κ1) is 18.5. The Morgan fingerprint density at radius 3 is 2.71 bits per heavy atom. The van der Waals surface area contributed by atoms with Gasteiger partial charge in [-0.05, 0) is 31.4 Å². The molecule has 2 aromatic rings. The van der Waals surface area contributed by atoms with Gasteiger partial charge in [0.15, 0.2) is 5.75 Å². The molecule has 8 heteroatoms. The molecule has 1 aliphatic carbocycles. The van der Waals surface area contributed by atoms with E-state index in [0.717, 1.165) is 31.5 Å². The maximum atomic E-state index is 11.9. The minimum Gasteiger partial charge on any atom is -0.503 e. The highest BCUT2D eigenvalue weighted by Gasteiger charge is 2.48. The highest BCUT2D eigenvalue weighted by molar-refractivity contribution is 5.85. The molecular weight excluding hydrogens is 360 g/mol. The molecule has 8 nitrogen and oxygen atoms in total. The Balaban J connectivity index is 1.79. The van der Waals surface area contributed by atoms with Crippen LogP contribution >= 0.6 is 0 Å². The van der Waals surface area contributed by atoms with Crippen LogP contribution in [0.2, 0.25) is 0 Å². The van der Waals surface area contributed by atoms with Gasteiger partial charge in [-0.2, -0.15) is 5.10 Å². The highest BCUT2D eigenvalue weighted by atomic mass is 16.4. The second kappa shape index (κ2) is 6.61. The lowest BCUT2D eigenvalue weighted by Gasteiger charge is -2.43. The number of aromatic hydroxyl groups is 1. The average molecular weight is 384 g/mol. The molecule has 0 aromatic carbocycles. The van der Waals surface area contributed by atoms with Crippen molar-refractivity contribution >= 4 is 11.8 Å². The summed E-state index contributed by atoms with van der Waals surface area (Å²) in [6.45, 7) is 4.76. The van der Waals surface area contributed by atoms with Gasteiger partial charge in [-0.25, -0.2) is 9.78 Å². The standard InChI is InChI=1S/C20H24N4O4/c1-12-13(2)24(18-14(12)6-5-9-21-18)20(7-3-4-8-20)11-23-10-15(25)17(26)16(22-23)19(27)28/h5-6,9-10,12-13,25H,3-4,7-8,11H2,1-2H3,(H,27,28)/t12?,13-/m1/s1. The van der Waals surface area contributed by atoms with Crippen molar-refractivity contribution < 1.29 is 15.0 Å². The van der Waals surface area contributed by atoms with Crippen molar-refractivity contribution in [1.29, 1.82) is 0 Å². The fraction of sp³-hybridized carbons (Fsp3) is 0.500. The number of aromatic carboxylic acids is 1. The summed E-state index contributed by atoms with van der Waals surface area (Å²) in [5.41, 5.74) is -0.700. The zero-order valence-corrected chi connectivity index (χ0v) is 16.0. The van der Waals surface area contributed by atoms with Gasteiger partial charge >= 0.3 is 5.97 Å². The van der Waals surface area contributed by atoms with Crippen LogP contribution in [0.15, 0.2) is 29.3 Å². The largest absolute Gasteiger partial charge is 0.503 e. The first-order valence-electron chi connectivity index (χ1n) is 9.62. The summed E-state index contributed by atoms with van der Waals surface area (Å²) in [7, 11) is 0. The summed E-state index contributed by atoms with van der Waals surface area (Å²) in [4.78, 5) is 30.2. The molecule has 3 heterocycles. The molecule has 1 fully saturated rings. The lowest BCUT2D eigenvalue weighted by molar-refractivity contribution is 0.0684. The van der Waals surface area contributed by atoms with Crippen molar-refractivity contribution in [3.05, 3.63) is 46.0 Å². The van der Waals surface area contributed by atoms with Crippen LogP contribution in [0.1, 0.15) is 61.5 Å². The van der Waals surface area contributed by atoms with Gasteiger partial charge in [0.1, 0.15) is 5.82 Å². The van der Waals surface area contributed by atoms with E-state index in [1.807, 2.05) is 6.07 Å². The Morgan fingerprint density at radius 2 is 2.04 bits per heavy atom. The molecule has 2 aromatic heterocycles. The Morgan fingerprint density at radius 1 is 1.32 bits per heavy atom. The number of pyridine rings is 1. The number of carboxylic acids is 1. The Labute approximate surface area is 162 Å². The summed E-state index contributed by atoms with van der Waals surface area (Å²) in [6.07, 6.45) is 6.97. The minimum atomic E-state index is -1.44. The number of anilines is 1. The van der Waals surface area contributed by atoms with Crippen molar-refractivity contribution in [1.82, 2.24) is 14.8 Å². The van der Waals surface area contributed by atoms with E-state index in [1.165, 1.54) is 16.4 Å². The summed E-state index contributed by atoms with van der Waals surface area (Å²) < 4.78 is 1.41. The summed E-state index contributed by atoms with van der Waals surface area (Å²) in [5, 5.41) is 23.2. The van der Waals surface area contributed by atoms with E-state index < -0.39 is 22.8 Å². The summed E-state index contributed by atoms with van der Waals surface area (Å²) >= 11 is 0. The predicted octanol–water partition coefficient (Wildman–Crippen LogP) is 2.37. The topological polar surface area (TPSA) is 109 Å². The lowest BCUT2D eigenvalue weighted by Crippen LogP contribution is -2.53. The third-order valence-electron chi connectivity index (χ3n) is 6.32. The number of hydrogen-bond acceptors (Lipinski definition) is 6. The Kier molecular flexibility index (Phi) is 4.36. The molecule has 0 amide bonds. The highest BCUT2D eigenvalue weighted by Crippen LogP contribution is 2.48. The maximum Gasteiger partial charge on any atom is 0.360 e. The number of carbonyl (C=O) groups is 1. The van der Waals surface area contributed by atoms with E-state index in [-0.39, 0.29) is 11.6 Å². The fourth-order valence-corrected chi connectivity index (χ4v) is 4.85. The van der Waals surface area contributed by atoms with Crippen LogP contribution < -0.4 is 10.3 Å². The fourth-order valence-electron chi connectivity index (χ4n) is 4.85. The minimum absolute atomic E-state index is 0.231. The molecule has 1 unspecified atom stereocenters. The molecule has 28 heavy (non-hydrogen) atoms. The molecule has 2 aliphatic rings. The number of hydrogen-bond donors (Lipinski definition) is 2. The van der Waals surface area contributed by atoms with Gasteiger partial charge in [0.05, 0.1) is 18.3 Å². The van der Waals surface area contributed by atoms with Crippen molar-refractivity contribution in [2.24, 2.45) is 0 Å². The quantitative estimate of drug-likeness (QED) is 0.833. The zero-order valence-electron chi connectivity index (χ0n) is 16.0. The first-order valence-corrected chi connectivity index (χ1v) is 9.62. The monoisotopic (exact) mass is 384 g/mol. The summed E-state index contributed by atoms with van der Waals surface area (Å²) in [6, 6.07) is 4.29. The van der Waals surface area contributed by atoms with Gasteiger partial charge in [-0.1, -0.05) is 25.8 Å². The van der Waals surface area contributed by atoms with Crippen LogP contribution in [0.4, 0.5) is 5.82 Å². The van der Waals surface area contributed by atoms with Crippen LogP contribution in [0.3, 0.4) is 0 Å². The van der Waals surface area contributed by atoms with Gasteiger partial charge in [0.2, 0.25) is 5.69 Å². The van der Waals surface area contributed by atoms with Gasteiger partial charge in [0, 0.05) is 18.2 Å². The lowest BCUT2D eigenvalue weighted by atomic mass is 9.92. The number of aromatic nitrogens is 3. The van der Waals surface area contributed by atoms with Crippen LogP contribution in [0.5, 0.6) is 5.75 Å². The average Bonchev–Trinajstić information content (AvgIpc) is 3.22. The number of fused-ring (bicyclic) bond motifs is 1. The van der Waals surface area contributed by atoms with Crippen LogP contribution in [0.25, 0.3) is 0 Å². The van der Waals surface area contributed by atoms with Crippen molar-refractivity contribution in [2.75, 3.05) is 4.90 Å². The second-order valence-corrected chi connectivity index (χ2v) is 7.94. The molecule has 2 N–H and O–H groups in total. The van der Waals surface area contributed by atoms with Crippen molar-refractivity contribution in [2.45, 2.75) is 63.6 Å². The molecule has 2 atom stereocenters. The van der Waals surface area contributed by atoms with E-state index in [2.05, 4.69) is 34.9 Å². The third-order valence-corrected chi connectivity index (χ3v) is 6.32. The molecule has 4 rings (SSSR count). The van der Waals surface area contributed by atoms with Crippen LogP contribution in [0, 0.1) is 0 Å². The van der Waals surface area contributed by atoms with E-state index in [9.17, 15) is 19.8 Å². The van der Waals surface area contributed by atoms with Gasteiger partial charge in [-0.3, -0.25) is 9.48 Å². The predicted molar refractivity (Wildman–Crippen MR) is 103 cm³/mol. The Hall–Kier alpha value is -2.90. The molecule has 0 spiro atoms. The molecule has 0 radical (unpaired) electrons. The van der Waals surface area contributed by atoms with E-state index in [0.29, 0.717) is 12.5 Å². The van der Waals surface area contributed by atoms with E-state index >= 15 is 0 Å². The smallest absolute Gasteiger partial charge is 0.360 e. The molecule has 148 valence electrons. The second-order valence-electron chi connectivity index (χ2n) is 7.94. The molecule has 1 saturated carbocycles. The molecular formula is C20H24N4O4. The number of nitrogens with zero attached hydrogens (tertiary/aromatic N) is 4.